The Morgan fingerprint density at radius 2 is 2.06 bits per heavy atom. The largest absolute Gasteiger partial charge is 0.339 e. The van der Waals surface area contributed by atoms with Crippen molar-refractivity contribution < 1.29 is 4.79 Å². The van der Waals surface area contributed by atoms with Gasteiger partial charge in [0.05, 0.1) is 6.04 Å². The van der Waals surface area contributed by atoms with Crippen LogP contribution in [0.1, 0.15) is 26.7 Å². The quantitative estimate of drug-likeness (QED) is 0.747. The van der Waals surface area contributed by atoms with Crippen LogP contribution in [0.2, 0.25) is 0 Å². The molecule has 1 amide bonds. The second-order valence-electron chi connectivity index (χ2n) is 4.81. The molecule has 2 aliphatic rings. The van der Waals surface area contributed by atoms with Crippen LogP contribution in [0, 0.1) is 0 Å². The van der Waals surface area contributed by atoms with Gasteiger partial charge in [0.25, 0.3) is 0 Å². The van der Waals surface area contributed by atoms with Crippen molar-refractivity contribution in [3.8, 4) is 0 Å². The fourth-order valence-electron chi connectivity index (χ4n) is 2.55. The maximum atomic E-state index is 12.3. The average Bonchev–Trinajstić information content (AvgIpc) is 3.14. The SMILES string of the molecule is CCN(C1CC1)C(C)C(=O)N1CCNCC1. The lowest BCUT2D eigenvalue weighted by Gasteiger charge is -2.34. The van der Waals surface area contributed by atoms with Crippen LogP contribution in [-0.4, -0.2) is 60.5 Å². The van der Waals surface area contributed by atoms with Gasteiger partial charge in [-0.1, -0.05) is 6.92 Å². The van der Waals surface area contributed by atoms with Crippen LogP contribution in [0.4, 0.5) is 0 Å². The van der Waals surface area contributed by atoms with E-state index in [-0.39, 0.29) is 6.04 Å². The number of carbonyl (C=O) groups excluding carboxylic acids is 1. The highest BCUT2D eigenvalue weighted by Crippen LogP contribution is 2.28. The van der Waals surface area contributed by atoms with Gasteiger partial charge in [-0.05, 0) is 26.3 Å². The van der Waals surface area contributed by atoms with Crippen LogP contribution in [0.25, 0.3) is 0 Å². The molecule has 1 atom stereocenters. The van der Waals surface area contributed by atoms with Crippen LogP contribution in [0.3, 0.4) is 0 Å². The van der Waals surface area contributed by atoms with E-state index in [0.29, 0.717) is 11.9 Å². The second-order valence-corrected chi connectivity index (χ2v) is 4.81. The zero-order chi connectivity index (χ0) is 11.5. The van der Waals surface area contributed by atoms with Crippen LogP contribution in [0.5, 0.6) is 0 Å². The fourth-order valence-corrected chi connectivity index (χ4v) is 2.55. The van der Waals surface area contributed by atoms with Crippen molar-refractivity contribution in [2.75, 3.05) is 32.7 Å². The molecule has 0 spiro atoms. The standard InChI is InChI=1S/C12H23N3O/c1-3-15(11-4-5-11)10(2)12(16)14-8-6-13-7-9-14/h10-11,13H,3-9H2,1-2H3. The number of carbonyl (C=O) groups is 1. The lowest BCUT2D eigenvalue weighted by Crippen LogP contribution is -2.53. The number of nitrogens with one attached hydrogen (secondary N) is 1. The van der Waals surface area contributed by atoms with E-state index in [1.165, 1.54) is 12.8 Å². The summed E-state index contributed by atoms with van der Waals surface area (Å²) in [6, 6.07) is 0.738. The second kappa shape index (κ2) is 5.15. The van der Waals surface area contributed by atoms with E-state index in [1.54, 1.807) is 0 Å². The molecule has 16 heavy (non-hydrogen) atoms. The van der Waals surface area contributed by atoms with E-state index in [1.807, 2.05) is 4.90 Å². The smallest absolute Gasteiger partial charge is 0.239 e. The number of hydrogen-bond donors (Lipinski definition) is 1. The maximum absolute atomic E-state index is 12.3. The maximum Gasteiger partial charge on any atom is 0.239 e. The van der Waals surface area contributed by atoms with Crippen molar-refractivity contribution in [3.05, 3.63) is 0 Å². The van der Waals surface area contributed by atoms with Gasteiger partial charge in [-0.25, -0.2) is 0 Å². The fraction of sp³-hybridized carbons (Fsp3) is 0.917. The third-order valence-electron chi connectivity index (χ3n) is 3.66. The first-order valence-corrected chi connectivity index (χ1v) is 6.49. The molecule has 4 nitrogen and oxygen atoms in total. The Hall–Kier alpha value is -0.610. The molecule has 1 heterocycles. The molecular formula is C12H23N3O. The number of piperazine rings is 1. The normalized spacial score (nSPS) is 23.6. The highest BCUT2D eigenvalue weighted by molar-refractivity contribution is 5.81. The van der Waals surface area contributed by atoms with Gasteiger partial charge in [0, 0.05) is 32.2 Å². The number of hydrogen-bond acceptors (Lipinski definition) is 3. The molecule has 0 radical (unpaired) electrons. The first-order valence-electron chi connectivity index (χ1n) is 6.49. The molecule has 4 heteroatoms. The van der Waals surface area contributed by atoms with Gasteiger partial charge in [-0.15, -0.1) is 0 Å². The summed E-state index contributed by atoms with van der Waals surface area (Å²) in [5.74, 6) is 0.315. The molecule has 1 saturated heterocycles. The molecule has 1 aliphatic heterocycles. The Kier molecular flexibility index (Phi) is 3.82. The summed E-state index contributed by atoms with van der Waals surface area (Å²) >= 11 is 0. The minimum absolute atomic E-state index is 0.0654. The van der Waals surface area contributed by atoms with Gasteiger partial charge in [0.1, 0.15) is 0 Å². The molecule has 2 rings (SSSR count). The molecule has 0 aromatic rings. The lowest BCUT2D eigenvalue weighted by atomic mass is 10.2. The summed E-state index contributed by atoms with van der Waals surface area (Å²) in [7, 11) is 0. The Labute approximate surface area is 98.0 Å². The van der Waals surface area contributed by atoms with Crippen molar-refractivity contribution >= 4 is 5.91 Å². The minimum Gasteiger partial charge on any atom is -0.339 e. The summed E-state index contributed by atoms with van der Waals surface area (Å²) in [6.45, 7) is 8.81. The Morgan fingerprint density at radius 1 is 1.44 bits per heavy atom. The van der Waals surface area contributed by atoms with Gasteiger partial charge >= 0.3 is 0 Å². The Bertz CT molecular complexity index is 247. The van der Waals surface area contributed by atoms with E-state index in [0.717, 1.165) is 32.7 Å². The van der Waals surface area contributed by atoms with Gasteiger partial charge in [0.2, 0.25) is 5.91 Å². The predicted molar refractivity (Wildman–Crippen MR) is 64.3 cm³/mol. The topological polar surface area (TPSA) is 35.6 Å². The van der Waals surface area contributed by atoms with Crippen LogP contribution < -0.4 is 5.32 Å². The molecule has 0 bridgehead atoms. The van der Waals surface area contributed by atoms with Crippen molar-refractivity contribution in [2.45, 2.75) is 38.8 Å². The zero-order valence-corrected chi connectivity index (χ0v) is 10.4. The van der Waals surface area contributed by atoms with Crippen molar-refractivity contribution in [1.82, 2.24) is 15.1 Å². The Morgan fingerprint density at radius 3 is 2.56 bits per heavy atom. The summed E-state index contributed by atoms with van der Waals surface area (Å²) in [4.78, 5) is 16.6. The van der Waals surface area contributed by atoms with Crippen LogP contribution >= 0.6 is 0 Å². The lowest BCUT2D eigenvalue weighted by molar-refractivity contribution is -0.137. The number of nitrogens with zero attached hydrogens (tertiary/aromatic N) is 2. The summed E-state index contributed by atoms with van der Waals surface area (Å²) in [5, 5.41) is 3.28. The molecule has 0 aromatic heterocycles. The average molecular weight is 225 g/mol. The number of amides is 1. The molecule has 1 N–H and O–H groups in total. The zero-order valence-electron chi connectivity index (χ0n) is 10.4. The van der Waals surface area contributed by atoms with Gasteiger partial charge < -0.3 is 10.2 Å². The first kappa shape index (κ1) is 11.9. The predicted octanol–water partition coefficient (Wildman–Crippen LogP) is 0.291. The molecule has 2 fully saturated rings. The minimum atomic E-state index is 0.0654. The number of rotatable bonds is 4. The highest BCUT2D eigenvalue weighted by atomic mass is 16.2. The van der Waals surface area contributed by atoms with E-state index in [9.17, 15) is 4.79 Å². The summed E-state index contributed by atoms with van der Waals surface area (Å²) in [5.41, 5.74) is 0. The summed E-state index contributed by atoms with van der Waals surface area (Å²) < 4.78 is 0. The third kappa shape index (κ3) is 2.55. The van der Waals surface area contributed by atoms with Gasteiger partial charge in [0.15, 0.2) is 0 Å². The molecule has 0 aromatic carbocycles. The Balaban J connectivity index is 1.91. The molecule has 1 saturated carbocycles. The van der Waals surface area contributed by atoms with Crippen molar-refractivity contribution in [3.63, 3.8) is 0 Å². The van der Waals surface area contributed by atoms with Gasteiger partial charge in [-0.2, -0.15) is 0 Å². The van der Waals surface area contributed by atoms with Crippen LogP contribution in [-0.2, 0) is 4.79 Å². The molecule has 1 unspecified atom stereocenters. The molecular weight excluding hydrogens is 202 g/mol. The van der Waals surface area contributed by atoms with Crippen LogP contribution in [0.15, 0.2) is 0 Å². The first-order chi connectivity index (χ1) is 7.74. The molecule has 1 aliphatic carbocycles. The van der Waals surface area contributed by atoms with E-state index in [4.69, 9.17) is 0 Å². The van der Waals surface area contributed by atoms with Crippen molar-refractivity contribution in [2.24, 2.45) is 0 Å². The highest BCUT2D eigenvalue weighted by Gasteiger charge is 2.35. The number of likely N-dealkylation sites (N-methyl/N-ethyl adjacent to an activating group) is 1. The van der Waals surface area contributed by atoms with Gasteiger partial charge in [-0.3, -0.25) is 9.69 Å². The summed E-state index contributed by atoms with van der Waals surface area (Å²) in [6.07, 6.45) is 2.54. The van der Waals surface area contributed by atoms with E-state index in [2.05, 4.69) is 24.1 Å². The van der Waals surface area contributed by atoms with E-state index < -0.39 is 0 Å². The third-order valence-corrected chi connectivity index (χ3v) is 3.66. The van der Waals surface area contributed by atoms with E-state index >= 15 is 0 Å². The monoisotopic (exact) mass is 225 g/mol. The molecule has 92 valence electrons. The van der Waals surface area contributed by atoms with Crippen molar-refractivity contribution in [1.29, 1.82) is 0 Å².